The minimum absolute atomic E-state index is 0.00268. The molecule has 0 aliphatic heterocycles. The first-order valence-corrected chi connectivity index (χ1v) is 34.3. The average molecular weight is 1270 g/mol. The summed E-state index contributed by atoms with van der Waals surface area (Å²) in [7, 11) is 0. The monoisotopic (exact) mass is 1270 g/mol. The predicted octanol–water partition coefficient (Wildman–Crippen LogP) is 22.7. The first-order chi connectivity index (χ1) is 45.7. The van der Waals surface area contributed by atoms with Gasteiger partial charge in [0.1, 0.15) is 0 Å². The number of esters is 3. The number of carbonyl (C=O) groups excluding carboxylic acids is 3. The first-order valence-electron chi connectivity index (χ1n) is 34.3. The zero-order valence-electron chi connectivity index (χ0n) is 58.9. The summed E-state index contributed by atoms with van der Waals surface area (Å²) in [5, 5.41) is 0. The fraction of sp³-hybridized carbons (Fsp3) is 0.337. The van der Waals surface area contributed by atoms with E-state index in [1.165, 1.54) is 44.5 Å². The molecule has 0 heterocycles. The molecule has 0 spiro atoms. The molecule has 0 bridgehead atoms. The van der Waals surface area contributed by atoms with E-state index in [9.17, 15) is 14.4 Å². The van der Waals surface area contributed by atoms with E-state index in [2.05, 4.69) is 275 Å². The quantitative estimate of drug-likeness (QED) is 0.0270. The lowest BCUT2D eigenvalue weighted by Gasteiger charge is -2.26. The molecule has 0 fully saturated rings. The van der Waals surface area contributed by atoms with Crippen molar-refractivity contribution in [2.75, 3.05) is 34.5 Å². The highest BCUT2D eigenvalue weighted by molar-refractivity contribution is 5.80. The summed E-state index contributed by atoms with van der Waals surface area (Å²) < 4.78 is 16.2. The van der Waals surface area contributed by atoms with Crippen molar-refractivity contribution in [3.05, 3.63) is 268 Å². The van der Waals surface area contributed by atoms with Crippen LogP contribution in [0.5, 0.6) is 0 Å². The number of hydrogen-bond donors (Lipinski definition) is 0. The summed E-state index contributed by atoms with van der Waals surface area (Å²) >= 11 is 0. The van der Waals surface area contributed by atoms with Crippen molar-refractivity contribution >= 4 is 69.1 Å². The Bertz CT molecular complexity index is 3600. The number of rotatable bonds is 28. The van der Waals surface area contributed by atoms with Crippen molar-refractivity contribution in [1.29, 1.82) is 0 Å². The van der Waals surface area contributed by atoms with Crippen molar-refractivity contribution in [1.82, 2.24) is 0 Å². The highest BCUT2D eigenvalue weighted by atomic mass is 16.5. The third kappa shape index (κ3) is 22.8. The zero-order valence-corrected chi connectivity index (χ0v) is 58.9. The van der Waals surface area contributed by atoms with Crippen molar-refractivity contribution in [2.24, 2.45) is 17.3 Å². The summed E-state index contributed by atoms with van der Waals surface area (Å²) in [6, 6.07) is 77.8. The van der Waals surface area contributed by atoms with E-state index < -0.39 is 5.41 Å². The maximum Gasteiger partial charge on any atom is 0.311 e. The third-order valence-corrected chi connectivity index (χ3v) is 17.6. The number of ether oxygens (including phenoxy) is 3. The lowest BCUT2D eigenvalue weighted by Crippen LogP contribution is -2.26. The van der Waals surface area contributed by atoms with E-state index >= 15 is 0 Å². The van der Waals surface area contributed by atoms with Gasteiger partial charge in [-0.05, 0) is 239 Å². The molecule has 9 aromatic carbocycles. The molecule has 2 unspecified atom stereocenters. The second-order valence-electron chi connectivity index (χ2n) is 26.0. The van der Waals surface area contributed by atoms with Crippen molar-refractivity contribution in [3.8, 4) is 0 Å². The Morgan fingerprint density at radius 3 is 0.832 bits per heavy atom. The van der Waals surface area contributed by atoms with Gasteiger partial charge >= 0.3 is 17.9 Å². The lowest BCUT2D eigenvalue weighted by molar-refractivity contribution is -0.154. The number of carbonyl (C=O) groups is 3. The molecular formula is C86H103N3O6. The van der Waals surface area contributed by atoms with Crippen LogP contribution >= 0.6 is 0 Å². The smallest absolute Gasteiger partial charge is 0.311 e. The summed E-state index contributed by atoms with van der Waals surface area (Å²) in [6.07, 6.45) is 8.97. The molecule has 2 atom stereocenters. The molecule has 0 N–H and O–H groups in total. The molecule has 0 saturated carbocycles. The van der Waals surface area contributed by atoms with E-state index in [-0.39, 0.29) is 29.7 Å². The fourth-order valence-electron chi connectivity index (χ4n) is 10.4. The van der Waals surface area contributed by atoms with Crippen LogP contribution in [-0.2, 0) is 47.9 Å². The Morgan fingerprint density at radius 1 is 0.316 bits per heavy atom. The normalized spacial score (nSPS) is 11.6. The molecule has 0 aliphatic carbocycles. The number of benzene rings is 9. The molecule has 9 aromatic rings. The summed E-state index contributed by atoms with van der Waals surface area (Å²) in [5.41, 5.74) is 21.0. The Balaban J connectivity index is 0.000000202. The number of nitrogens with zero attached hydrogens (tertiary/aromatic N) is 3. The molecule has 0 aliphatic rings. The van der Waals surface area contributed by atoms with Gasteiger partial charge in [0.15, 0.2) is 0 Å². The maximum atomic E-state index is 12.1. The van der Waals surface area contributed by atoms with Gasteiger partial charge in [0.2, 0.25) is 0 Å². The second kappa shape index (κ2) is 37.0. The van der Waals surface area contributed by atoms with Crippen molar-refractivity contribution in [2.45, 2.75) is 154 Å². The molecule has 9 heteroatoms. The fourth-order valence-corrected chi connectivity index (χ4v) is 10.4. The van der Waals surface area contributed by atoms with Gasteiger partial charge in [-0.3, -0.25) is 14.4 Å². The van der Waals surface area contributed by atoms with Crippen LogP contribution in [0.2, 0.25) is 0 Å². The minimum Gasteiger partial charge on any atom is -0.465 e. The summed E-state index contributed by atoms with van der Waals surface area (Å²) in [5.74, 6) is -0.325. The van der Waals surface area contributed by atoms with E-state index in [0.717, 1.165) is 121 Å². The van der Waals surface area contributed by atoms with Crippen LogP contribution in [0.1, 0.15) is 143 Å². The van der Waals surface area contributed by atoms with Gasteiger partial charge in [0, 0.05) is 57.6 Å². The van der Waals surface area contributed by atoms with Gasteiger partial charge in [-0.25, -0.2) is 0 Å². The first kappa shape index (κ1) is 73.2. The minimum atomic E-state index is -0.406. The van der Waals surface area contributed by atoms with E-state index in [4.69, 9.17) is 14.2 Å². The number of anilines is 9. The SMILES string of the molecule is CCC(C)(C)C(=O)OCCCc1ccc(N(c2ccc(C)cc2)c2ccc(C)cc2)cc1.CCC(C)C(=O)OCCCCCc1ccc(N(c2ccc(C)cc2)c2ccc(C)cc2)cc1.CCC(C)C(=O)OCCc1ccc(N(c2ccc(C)cc2)c2ccc(C)cc2)cc1. The highest BCUT2D eigenvalue weighted by Crippen LogP contribution is 2.38. The summed E-state index contributed by atoms with van der Waals surface area (Å²) in [4.78, 5) is 42.5. The Labute approximate surface area is 569 Å². The molecule has 498 valence electrons. The predicted molar refractivity (Wildman–Crippen MR) is 397 cm³/mol. The Kier molecular flexibility index (Phi) is 28.5. The highest BCUT2D eigenvalue weighted by Gasteiger charge is 2.27. The van der Waals surface area contributed by atoms with Crippen LogP contribution in [-0.4, -0.2) is 37.7 Å². The van der Waals surface area contributed by atoms with Gasteiger partial charge in [-0.2, -0.15) is 0 Å². The summed E-state index contributed by atoms with van der Waals surface area (Å²) in [6.45, 7) is 27.8. The molecule has 0 aromatic heterocycles. The van der Waals surface area contributed by atoms with Gasteiger partial charge in [0.05, 0.1) is 37.1 Å². The average Bonchev–Trinajstić information content (AvgIpc) is 0.975. The standard InChI is InChI=1S/C30H37NO2.C29H35NO2.C27H31NO2/c1-5-25(4)30(32)33-22-8-6-7-9-26-14-20-29(21-15-26)31(27-16-10-23(2)11-17-27)28-18-12-24(3)13-19-28;1-6-29(4,5)28(31)32-21-7-8-24-13-19-27(20-14-24)30(25-15-9-22(2)10-16-25)26-17-11-23(3)12-18-26;1-5-22(4)27(29)30-19-18-23-10-16-26(17-11-23)28(24-12-6-20(2)7-13-24)25-14-8-21(3)9-15-25/h10-21,25H,5-9,22H2,1-4H3;9-20H,6-8,21H2,1-5H3;6-17,22H,5,18-19H2,1-4H3. The van der Waals surface area contributed by atoms with Crippen LogP contribution in [0.25, 0.3) is 0 Å². The Hall–Kier alpha value is -9.21. The van der Waals surface area contributed by atoms with Crippen LogP contribution in [0.3, 0.4) is 0 Å². The number of aryl methyl sites for hydroxylation is 8. The van der Waals surface area contributed by atoms with E-state index in [0.29, 0.717) is 19.8 Å². The number of unbranched alkanes of at least 4 members (excludes halogenated alkanes) is 2. The number of hydrogen-bond acceptors (Lipinski definition) is 9. The van der Waals surface area contributed by atoms with E-state index in [1.54, 1.807) is 0 Å². The second-order valence-corrected chi connectivity index (χ2v) is 26.0. The molecule has 0 radical (unpaired) electrons. The molecule has 9 nitrogen and oxygen atoms in total. The van der Waals surface area contributed by atoms with Crippen LogP contribution in [0.4, 0.5) is 51.2 Å². The van der Waals surface area contributed by atoms with Crippen molar-refractivity contribution in [3.63, 3.8) is 0 Å². The Morgan fingerprint density at radius 2 is 0.558 bits per heavy atom. The molecule has 95 heavy (non-hydrogen) atoms. The lowest BCUT2D eigenvalue weighted by atomic mass is 9.91. The topological polar surface area (TPSA) is 88.6 Å². The van der Waals surface area contributed by atoms with E-state index in [1.807, 2.05) is 48.5 Å². The van der Waals surface area contributed by atoms with Crippen LogP contribution in [0.15, 0.2) is 218 Å². The molecule has 0 saturated heterocycles. The molecular weight excluding hydrogens is 1170 g/mol. The van der Waals surface area contributed by atoms with Gasteiger partial charge in [-0.15, -0.1) is 0 Å². The molecule has 0 amide bonds. The van der Waals surface area contributed by atoms with Gasteiger partial charge < -0.3 is 28.9 Å². The van der Waals surface area contributed by atoms with Gasteiger partial charge in [0.25, 0.3) is 0 Å². The van der Waals surface area contributed by atoms with Crippen molar-refractivity contribution < 1.29 is 28.6 Å². The van der Waals surface area contributed by atoms with Crippen LogP contribution in [0, 0.1) is 58.8 Å². The zero-order chi connectivity index (χ0) is 68.3. The third-order valence-electron chi connectivity index (χ3n) is 17.6. The van der Waals surface area contributed by atoms with Gasteiger partial charge in [-0.1, -0.05) is 177 Å². The molecule has 9 rings (SSSR count). The van der Waals surface area contributed by atoms with Crippen LogP contribution < -0.4 is 14.7 Å². The largest absolute Gasteiger partial charge is 0.465 e. The maximum absolute atomic E-state index is 12.1.